The van der Waals surface area contributed by atoms with E-state index in [0.717, 1.165) is 36.7 Å². The van der Waals surface area contributed by atoms with Gasteiger partial charge in [0.2, 0.25) is 5.91 Å². The van der Waals surface area contributed by atoms with Gasteiger partial charge >= 0.3 is 6.09 Å². The van der Waals surface area contributed by atoms with Crippen LogP contribution in [0.3, 0.4) is 0 Å². The molecule has 7 nitrogen and oxygen atoms in total. The molecule has 0 aliphatic heterocycles. The first-order chi connectivity index (χ1) is 13.8. The molecule has 2 amide bonds. The largest absolute Gasteiger partial charge is 0.446 e. The number of carbonyl (C=O) groups excluding carboxylic acids is 2. The molecule has 1 aromatic heterocycles. The fraction of sp³-hybridized carbons (Fsp3) is 0.450. The topological polar surface area (TPSA) is 96.1 Å². The van der Waals surface area contributed by atoms with Crippen LogP contribution in [0.1, 0.15) is 50.3 Å². The third-order valence-corrected chi connectivity index (χ3v) is 4.66. The van der Waals surface area contributed by atoms with Crippen molar-refractivity contribution in [3.05, 3.63) is 47.2 Å². The second-order valence-corrected chi connectivity index (χ2v) is 7.55. The minimum Gasteiger partial charge on any atom is -0.446 e. The monoisotopic (exact) mass is 406 g/mol. The Labute approximate surface area is 167 Å². The average molecular weight is 406 g/mol. The smallest absolute Gasteiger partial charge is 0.407 e. The third kappa shape index (κ3) is 6.00. The summed E-state index contributed by atoms with van der Waals surface area (Å²) in [6.45, 7) is 3.73. The van der Waals surface area contributed by atoms with Gasteiger partial charge in [-0.1, -0.05) is 0 Å². The molecule has 3 rings (SSSR count). The zero-order valence-corrected chi connectivity index (χ0v) is 16.3. The van der Waals surface area contributed by atoms with Gasteiger partial charge in [0, 0.05) is 29.8 Å². The Kier molecular flexibility index (Phi) is 6.46. The van der Waals surface area contributed by atoms with Crippen LogP contribution in [0.25, 0.3) is 0 Å². The van der Waals surface area contributed by atoms with Gasteiger partial charge in [0.1, 0.15) is 17.7 Å². The lowest BCUT2D eigenvalue weighted by Gasteiger charge is -2.14. The lowest BCUT2D eigenvalue weighted by Crippen LogP contribution is -2.33. The lowest BCUT2D eigenvalue weighted by atomic mass is 10.0. The van der Waals surface area contributed by atoms with E-state index in [9.17, 15) is 18.4 Å². The number of rotatable bonds is 6. The molecule has 156 valence electrons. The number of hydrogen-bond donors (Lipinski definition) is 3. The number of alkyl carbamates (subject to hydrolysis) is 1. The van der Waals surface area contributed by atoms with Gasteiger partial charge in [0.25, 0.3) is 0 Å². The Bertz CT molecular complexity index is 864. The SMILES string of the molecule is CC(C)NC(=O)OC1CCC(c2cc(NC(=O)Cc3cc(F)cc(F)c3)n[nH]2)C1. The minimum atomic E-state index is -0.727. The summed E-state index contributed by atoms with van der Waals surface area (Å²) in [6, 6.07) is 4.74. The number of H-pyrrole nitrogens is 1. The van der Waals surface area contributed by atoms with E-state index in [0.29, 0.717) is 12.2 Å². The van der Waals surface area contributed by atoms with Crippen molar-refractivity contribution in [3.63, 3.8) is 0 Å². The number of benzene rings is 1. The Morgan fingerprint density at radius 3 is 2.62 bits per heavy atom. The van der Waals surface area contributed by atoms with Crippen molar-refractivity contribution in [3.8, 4) is 0 Å². The van der Waals surface area contributed by atoms with E-state index in [1.165, 1.54) is 0 Å². The summed E-state index contributed by atoms with van der Waals surface area (Å²) in [7, 11) is 0. The summed E-state index contributed by atoms with van der Waals surface area (Å²) in [5.74, 6) is -1.40. The van der Waals surface area contributed by atoms with Gasteiger partial charge in [0.05, 0.1) is 6.42 Å². The second-order valence-electron chi connectivity index (χ2n) is 7.55. The van der Waals surface area contributed by atoms with Crippen LogP contribution in [0.4, 0.5) is 19.4 Å². The molecule has 1 aliphatic rings. The number of nitrogens with one attached hydrogen (secondary N) is 3. The first-order valence-corrected chi connectivity index (χ1v) is 9.55. The number of nitrogens with zero attached hydrogens (tertiary/aromatic N) is 1. The molecule has 29 heavy (non-hydrogen) atoms. The minimum absolute atomic E-state index is 0.0161. The van der Waals surface area contributed by atoms with Crippen LogP contribution >= 0.6 is 0 Å². The summed E-state index contributed by atoms with van der Waals surface area (Å²) in [5.41, 5.74) is 1.08. The molecular formula is C20H24F2N4O3. The van der Waals surface area contributed by atoms with Crippen LogP contribution in [0.15, 0.2) is 24.3 Å². The normalized spacial score (nSPS) is 18.7. The molecule has 0 bridgehead atoms. The molecule has 0 saturated heterocycles. The Balaban J connectivity index is 1.51. The maximum Gasteiger partial charge on any atom is 0.407 e. The van der Waals surface area contributed by atoms with E-state index in [-0.39, 0.29) is 30.0 Å². The third-order valence-electron chi connectivity index (χ3n) is 4.66. The average Bonchev–Trinajstić information content (AvgIpc) is 3.22. The van der Waals surface area contributed by atoms with Gasteiger partial charge < -0.3 is 15.4 Å². The Morgan fingerprint density at radius 1 is 1.21 bits per heavy atom. The van der Waals surface area contributed by atoms with Gasteiger partial charge in [-0.3, -0.25) is 9.89 Å². The van der Waals surface area contributed by atoms with Crippen molar-refractivity contribution in [2.75, 3.05) is 5.32 Å². The van der Waals surface area contributed by atoms with Crippen molar-refractivity contribution in [2.24, 2.45) is 0 Å². The molecule has 1 saturated carbocycles. The molecule has 1 heterocycles. The fourth-order valence-corrected chi connectivity index (χ4v) is 3.45. The van der Waals surface area contributed by atoms with Crippen LogP contribution in [0.2, 0.25) is 0 Å². The van der Waals surface area contributed by atoms with E-state index < -0.39 is 23.6 Å². The van der Waals surface area contributed by atoms with Crippen LogP contribution in [-0.2, 0) is 16.0 Å². The summed E-state index contributed by atoms with van der Waals surface area (Å²) in [6.07, 6.45) is 1.50. The predicted molar refractivity (Wildman–Crippen MR) is 102 cm³/mol. The zero-order chi connectivity index (χ0) is 21.0. The van der Waals surface area contributed by atoms with Gasteiger partial charge in [0.15, 0.2) is 5.82 Å². The molecule has 1 aromatic carbocycles. The zero-order valence-electron chi connectivity index (χ0n) is 16.3. The van der Waals surface area contributed by atoms with Crippen LogP contribution in [0.5, 0.6) is 0 Å². The Morgan fingerprint density at radius 2 is 1.93 bits per heavy atom. The van der Waals surface area contributed by atoms with Crippen molar-refractivity contribution >= 4 is 17.8 Å². The molecule has 0 spiro atoms. The van der Waals surface area contributed by atoms with Crippen molar-refractivity contribution < 1.29 is 23.1 Å². The van der Waals surface area contributed by atoms with E-state index in [4.69, 9.17) is 4.74 Å². The molecule has 1 fully saturated rings. The predicted octanol–water partition coefficient (Wildman–Crippen LogP) is 3.64. The molecule has 2 atom stereocenters. The number of ether oxygens (including phenoxy) is 1. The van der Waals surface area contributed by atoms with Gasteiger partial charge in [-0.15, -0.1) is 0 Å². The van der Waals surface area contributed by atoms with Gasteiger partial charge in [-0.05, 0) is 50.8 Å². The number of halogens is 2. The maximum absolute atomic E-state index is 13.2. The van der Waals surface area contributed by atoms with E-state index in [2.05, 4.69) is 20.8 Å². The molecule has 0 radical (unpaired) electrons. The molecule has 2 aromatic rings. The second kappa shape index (κ2) is 9.02. The first-order valence-electron chi connectivity index (χ1n) is 9.55. The first kappa shape index (κ1) is 20.8. The molecule has 2 unspecified atom stereocenters. The van der Waals surface area contributed by atoms with Crippen molar-refractivity contribution in [1.82, 2.24) is 15.5 Å². The number of amides is 2. The van der Waals surface area contributed by atoms with Crippen LogP contribution in [-0.4, -0.2) is 34.3 Å². The molecule has 3 N–H and O–H groups in total. The maximum atomic E-state index is 13.2. The summed E-state index contributed by atoms with van der Waals surface area (Å²) in [5, 5.41) is 12.3. The highest BCUT2D eigenvalue weighted by molar-refractivity contribution is 5.91. The standard InChI is InChI=1S/C20H24F2N4O3/c1-11(2)23-20(28)29-16-4-3-13(8-16)17-10-18(26-25-17)24-19(27)7-12-5-14(21)9-15(22)6-12/h5-6,9-11,13,16H,3-4,7-8H2,1-2H3,(H,23,28)(H2,24,25,26,27). The van der Waals surface area contributed by atoms with E-state index in [1.54, 1.807) is 6.07 Å². The molecule has 9 heteroatoms. The lowest BCUT2D eigenvalue weighted by molar-refractivity contribution is -0.115. The number of anilines is 1. The van der Waals surface area contributed by atoms with Crippen LogP contribution < -0.4 is 10.6 Å². The van der Waals surface area contributed by atoms with E-state index >= 15 is 0 Å². The highest BCUT2D eigenvalue weighted by atomic mass is 19.1. The number of aromatic amines is 1. The Hall–Kier alpha value is -2.97. The number of hydrogen-bond acceptors (Lipinski definition) is 4. The van der Waals surface area contributed by atoms with Gasteiger partial charge in [-0.25, -0.2) is 13.6 Å². The summed E-state index contributed by atoms with van der Waals surface area (Å²) >= 11 is 0. The van der Waals surface area contributed by atoms with Gasteiger partial charge in [-0.2, -0.15) is 5.10 Å². The number of carbonyl (C=O) groups is 2. The highest BCUT2D eigenvalue weighted by Crippen LogP contribution is 2.35. The molecule has 1 aliphatic carbocycles. The number of aromatic nitrogens is 2. The highest BCUT2D eigenvalue weighted by Gasteiger charge is 2.30. The molecular weight excluding hydrogens is 382 g/mol. The van der Waals surface area contributed by atoms with Crippen LogP contribution in [0, 0.1) is 11.6 Å². The quantitative estimate of drug-likeness (QED) is 0.682. The van der Waals surface area contributed by atoms with E-state index in [1.807, 2.05) is 13.8 Å². The van der Waals surface area contributed by atoms with Crippen molar-refractivity contribution in [1.29, 1.82) is 0 Å². The summed E-state index contributed by atoms with van der Waals surface area (Å²) in [4.78, 5) is 23.8. The van der Waals surface area contributed by atoms with Crippen molar-refractivity contribution in [2.45, 2.75) is 57.6 Å². The fourth-order valence-electron chi connectivity index (χ4n) is 3.45. The summed E-state index contributed by atoms with van der Waals surface area (Å²) < 4.78 is 31.9.